The zero-order valence-electron chi connectivity index (χ0n) is 18.1. The van der Waals surface area contributed by atoms with E-state index in [0.717, 1.165) is 21.6 Å². The summed E-state index contributed by atoms with van der Waals surface area (Å²) in [6.45, 7) is 1.95. The van der Waals surface area contributed by atoms with Crippen LogP contribution in [-0.4, -0.2) is 18.9 Å². The summed E-state index contributed by atoms with van der Waals surface area (Å²) in [7, 11) is 1.35. The monoisotopic (exact) mass is 440 g/mol. The highest BCUT2D eigenvalue weighted by atomic mass is 32.2. The second-order valence-electron chi connectivity index (χ2n) is 7.83. The number of allylic oxidation sites excluding steroid dienone is 1. The predicted octanol–water partition coefficient (Wildman–Crippen LogP) is 6.44. The van der Waals surface area contributed by atoms with Crippen molar-refractivity contribution >= 4 is 29.6 Å². The Kier molecular flexibility index (Phi) is 6.45. The number of fused-ring (bicyclic) bond motifs is 1. The number of ether oxygens (including phenoxy) is 1. The van der Waals surface area contributed by atoms with E-state index in [2.05, 4.69) is 5.73 Å². The van der Waals surface area contributed by atoms with Crippen LogP contribution in [0.4, 0.5) is 0 Å². The van der Waals surface area contributed by atoms with E-state index in [1.165, 1.54) is 7.11 Å². The summed E-state index contributed by atoms with van der Waals surface area (Å²) in [4.78, 5) is 28.2. The fourth-order valence-electron chi connectivity index (χ4n) is 4.08. The number of carbonyl (C=O) groups is 2. The number of rotatable bonds is 5. The smallest absolute Gasteiger partial charge is 0.321 e. The van der Waals surface area contributed by atoms with Gasteiger partial charge in [0.05, 0.1) is 12.4 Å². The van der Waals surface area contributed by atoms with Crippen LogP contribution < -0.4 is 0 Å². The maximum absolute atomic E-state index is 14.0. The van der Waals surface area contributed by atoms with Crippen molar-refractivity contribution in [3.8, 4) is 0 Å². The third-order valence-corrected chi connectivity index (χ3v) is 7.24. The molecule has 0 bridgehead atoms. The van der Waals surface area contributed by atoms with Crippen LogP contribution in [0.2, 0.25) is 0 Å². The molecule has 4 heteroatoms. The van der Waals surface area contributed by atoms with Gasteiger partial charge in [-0.1, -0.05) is 72.3 Å². The molecule has 4 rings (SSSR count). The van der Waals surface area contributed by atoms with Crippen molar-refractivity contribution in [3.63, 3.8) is 0 Å². The molecule has 0 spiro atoms. The van der Waals surface area contributed by atoms with Crippen molar-refractivity contribution in [2.24, 2.45) is 5.41 Å². The van der Waals surface area contributed by atoms with E-state index in [4.69, 9.17) is 4.74 Å². The normalized spacial score (nSPS) is 19.4. The molecule has 3 aromatic rings. The Morgan fingerprint density at radius 2 is 1.75 bits per heavy atom. The van der Waals surface area contributed by atoms with Gasteiger partial charge in [0.25, 0.3) is 0 Å². The molecule has 0 aromatic heterocycles. The lowest BCUT2D eigenvalue weighted by molar-refractivity contribution is -0.149. The fourth-order valence-corrected chi connectivity index (χ4v) is 5.55. The van der Waals surface area contributed by atoms with E-state index >= 15 is 0 Å². The van der Waals surface area contributed by atoms with Gasteiger partial charge in [-0.2, -0.15) is 0 Å². The lowest BCUT2D eigenvalue weighted by Gasteiger charge is -2.40. The van der Waals surface area contributed by atoms with Gasteiger partial charge >= 0.3 is 5.97 Å². The van der Waals surface area contributed by atoms with E-state index in [0.29, 0.717) is 5.56 Å². The van der Waals surface area contributed by atoms with Crippen LogP contribution in [0.5, 0.6) is 0 Å². The molecule has 1 heterocycles. The summed E-state index contributed by atoms with van der Waals surface area (Å²) in [5.74, 6) is -0.720. The Balaban J connectivity index is 1.84. The molecule has 2 unspecified atom stereocenters. The van der Waals surface area contributed by atoms with Crippen molar-refractivity contribution in [2.45, 2.75) is 23.5 Å². The first-order valence-electron chi connectivity index (χ1n) is 10.5. The molecule has 0 fully saturated rings. The largest absolute Gasteiger partial charge is 0.468 e. The first-order valence-corrected chi connectivity index (χ1v) is 11.4. The number of ketones is 1. The first kappa shape index (κ1) is 21.9. The minimum absolute atomic E-state index is 0.196. The van der Waals surface area contributed by atoms with Gasteiger partial charge in [-0.25, -0.2) is 0 Å². The van der Waals surface area contributed by atoms with Crippen molar-refractivity contribution in [2.75, 3.05) is 7.11 Å². The van der Waals surface area contributed by atoms with Crippen molar-refractivity contribution < 1.29 is 14.3 Å². The van der Waals surface area contributed by atoms with Crippen LogP contribution in [0.25, 0.3) is 6.08 Å². The first-order chi connectivity index (χ1) is 15.6. The number of hydrogen-bond donors (Lipinski definition) is 0. The Labute approximate surface area is 192 Å². The summed E-state index contributed by atoms with van der Waals surface area (Å²) in [5.41, 5.74) is 5.26. The van der Waals surface area contributed by atoms with Crippen LogP contribution in [-0.2, 0) is 9.53 Å². The molecule has 1 aliphatic heterocycles. The molecular formula is C28H24O3S. The van der Waals surface area contributed by atoms with E-state index in [1.807, 2.05) is 91.9 Å². The van der Waals surface area contributed by atoms with Crippen LogP contribution in [0.1, 0.15) is 38.7 Å². The number of methoxy groups -OCH3 is 1. The quantitative estimate of drug-likeness (QED) is 0.260. The Morgan fingerprint density at radius 1 is 1.06 bits per heavy atom. The average Bonchev–Trinajstić information content (AvgIpc) is 2.84. The zero-order chi connectivity index (χ0) is 22.6. The molecule has 0 amide bonds. The molecule has 32 heavy (non-hydrogen) atoms. The zero-order valence-corrected chi connectivity index (χ0v) is 18.9. The Morgan fingerprint density at radius 3 is 2.44 bits per heavy atom. The van der Waals surface area contributed by atoms with Gasteiger partial charge in [0.1, 0.15) is 0 Å². The highest BCUT2D eigenvalue weighted by Gasteiger charge is 2.56. The van der Waals surface area contributed by atoms with Crippen molar-refractivity contribution in [3.05, 3.63) is 113 Å². The second-order valence-corrected chi connectivity index (χ2v) is 8.98. The molecule has 0 radical (unpaired) electrons. The minimum atomic E-state index is -1.38. The molecular weight excluding hydrogens is 416 g/mol. The summed E-state index contributed by atoms with van der Waals surface area (Å²) < 4.78 is 5.24. The summed E-state index contributed by atoms with van der Waals surface area (Å²) >= 11 is 1.55. The summed E-state index contributed by atoms with van der Waals surface area (Å²) in [6.07, 6.45) is 3.82. The fraction of sp³-hybridized carbons (Fsp3) is 0.179. The molecule has 160 valence electrons. The van der Waals surface area contributed by atoms with Crippen molar-refractivity contribution in [1.82, 2.24) is 0 Å². The highest BCUT2D eigenvalue weighted by Crippen LogP contribution is 2.56. The number of thioether (sulfide) groups is 1. The molecule has 3 aromatic carbocycles. The van der Waals surface area contributed by atoms with Crippen LogP contribution in [0.15, 0.2) is 95.6 Å². The molecule has 2 atom stereocenters. The van der Waals surface area contributed by atoms with E-state index in [-0.39, 0.29) is 12.2 Å². The van der Waals surface area contributed by atoms with Crippen LogP contribution in [0.3, 0.4) is 0 Å². The topological polar surface area (TPSA) is 43.4 Å². The molecule has 0 saturated carbocycles. The van der Waals surface area contributed by atoms with Gasteiger partial charge in [0.2, 0.25) is 0 Å². The number of hydrogen-bond acceptors (Lipinski definition) is 4. The van der Waals surface area contributed by atoms with Crippen LogP contribution >= 0.6 is 11.8 Å². The van der Waals surface area contributed by atoms with E-state index < -0.39 is 16.6 Å². The molecule has 3 nitrogen and oxygen atoms in total. The van der Waals surface area contributed by atoms with Gasteiger partial charge in [-0.3, -0.25) is 9.59 Å². The minimum Gasteiger partial charge on any atom is -0.468 e. The summed E-state index contributed by atoms with van der Waals surface area (Å²) in [6, 6.07) is 25.4. The lowest BCUT2D eigenvalue weighted by Crippen LogP contribution is -2.46. The molecule has 1 aliphatic rings. The number of aryl methyl sites for hydroxylation is 1. The third-order valence-electron chi connectivity index (χ3n) is 5.72. The molecule has 0 N–H and O–H groups in total. The number of benzene rings is 3. The lowest BCUT2D eigenvalue weighted by atomic mass is 9.71. The number of carbonyl (C=O) groups excluding carboxylic acids is 2. The Hall–Kier alpha value is -3.33. The van der Waals surface area contributed by atoms with Gasteiger partial charge in [0, 0.05) is 10.5 Å². The van der Waals surface area contributed by atoms with Gasteiger partial charge in [-0.15, -0.1) is 17.5 Å². The SMILES string of the molecule is COC(=O)C1(CC=C=Cc2ccccc2)C(=O)c2cc(C)ccc2SC1c1ccccc1. The molecule has 0 aliphatic carbocycles. The third kappa shape index (κ3) is 4.08. The number of esters is 1. The van der Waals surface area contributed by atoms with Crippen LogP contribution in [0, 0.1) is 12.3 Å². The maximum Gasteiger partial charge on any atom is 0.321 e. The second kappa shape index (κ2) is 9.44. The van der Waals surface area contributed by atoms with Gasteiger partial charge in [-0.05, 0) is 48.8 Å². The maximum atomic E-state index is 14.0. The molecule has 0 saturated heterocycles. The Bertz CT molecular complexity index is 1190. The van der Waals surface area contributed by atoms with Crippen molar-refractivity contribution in [1.29, 1.82) is 0 Å². The average molecular weight is 441 g/mol. The van der Waals surface area contributed by atoms with E-state index in [1.54, 1.807) is 17.8 Å². The standard InChI is InChI=1S/C28H24O3S/c1-20-16-17-24-23(19-20)25(29)28(27(30)31-2,26(32-24)22-14-7-4-8-15-22)18-10-9-13-21-11-5-3-6-12-21/h3-8,10-17,19,26H,18H2,1-2H3. The van der Waals surface area contributed by atoms with Gasteiger partial charge in [0.15, 0.2) is 11.2 Å². The van der Waals surface area contributed by atoms with Gasteiger partial charge < -0.3 is 4.74 Å². The number of Topliss-reactive ketones (excluding diaryl/α,β-unsaturated/α-hetero) is 1. The van der Waals surface area contributed by atoms with E-state index in [9.17, 15) is 9.59 Å². The highest BCUT2D eigenvalue weighted by molar-refractivity contribution is 7.99. The predicted molar refractivity (Wildman–Crippen MR) is 129 cm³/mol. The summed E-state index contributed by atoms with van der Waals surface area (Å²) in [5, 5.41) is -0.409.